The first-order valence-electron chi connectivity index (χ1n) is 6.37. The Morgan fingerprint density at radius 3 is 2.30 bits per heavy atom. The lowest BCUT2D eigenvalue weighted by molar-refractivity contribution is -0.155. The number of hydrogen-bond acceptors (Lipinski definition) is 2. The van der Waals surface area contributed by atoms with Crippen molar-refractivity contribution in [1.29, 1.82) is 0 Å². The second kappa shape index (κ2) is 7.07. The molecule has 1 rings (SSSR count). The molecule has 0 aromatic heterocycles. The molecule has 10 heteroatoms. The standard InChI is InChI=1S/C13H14F6N2O2/c1-7(22)6-20-11(23)21-10(13(17,18)19)8-3-2-4-9(5-8)12(14,15)16/h2-5,7,10,22H,6H2,1H3,(H2,20,21,23)/t7-,10-/m1/s1. The van der Waals surface area contributed by atoms with Crippen LogP contribution < -0.4 is 10.6 Å². The van der Waals surface area contributed by atoms with Gasteiger partial charge in [0, 0.05) is 6.54 Å². The summed E-state index contributed by atoms with van der Waals surface area (Å²) in [5.41, 5.74) is -2.00. The molecule has 2 amide bonds. The van der Waals surface area contributed by atoms with Crippen molar-refractivity contribution in [2.24, 2.45) is 0 Å². The van der Waals surface area contributed by atoms with Crippen molar-refractivity contribution in [2.45, 2.75) is 31.4 Å². The minimum atomic E-state index is -4.99. The fourth-order valence-electron chi connectivity index (χ4n) is 1.67. The average Bonchev–Trinajstić information content (AvgIpc) is 2.40. The zero-order valence-electron chi connectivity index (χ0n) is 11.8. The molecule has 3 N–H and O–H groups in total. The molecule has 0 fully saturated rings. The summed E-state index contributed by atoms with van der Waals surface area (Å²) in [7, 11) is 0. The van der Waals surface area contributed by atoms with Crippen LogP contribution in [0.1, 0.15) is 24.1 Å². The first kappa shape index (κ1) is 19.1. The highest BCUT2D eigenvalue weighted by Crippen LogP contribution is 2.36. The fraction of sp³-hybridized carbons (Fsp3) is 0.462. The molecule has 0 heterocycles. The number of rotatable bonds is 4. The smallest absolute Gasteiger partial charge is 0.392 e. The summed E-state index contributed by atoms with van der Waals surface area (Å²) in [6.07, 6.45) is -10.8. The van der Waals surface area contributed by atoms with E-state index in [1.165, 1.54) is 6.92 Å². The zero-order valence-corrected chi connectivity index (χ0v) is 11.8. The van der Waals surface area contributed by atoms with Gasteiger partial charge in [0.15, 0.2) is 6.04 Å². The van der Waals surface area contributed by atoms with Crippen LogP contribution in [0.15, 0.2) is 24.3 Å². The Hall–Kier alpha value is -1.97. The summed E-state index contributed by atoms with van der Waals surface area (Å²) in [5.74, 6) is 0. The third-order valence-electron chi connectivity index (χ3n) is 2.71. The molecule has 1 aromatic rings. The molecular formula is C13H14F6N2O2. The summed E-state index contributed by atoms with van der Waals surface area (Å²) in [6.45, 7) is 0.993. The molecule has 0 saturated carbocycles. The molecule has 0 spiro atoms. The zero-order chi connectivity index (χ0) is 17.8. The van der Waals surface area contributed by atoms with E-state index in [-0.39, 0.29) is 6.54 Å². The predicted octanol–water partition coefficient (Wildman–Crippen LogP) is 2.99. The Morgan fingerprint density at radius 1 is 1.22 bits per heavy atom. The summed E-state index contributed by atoms with van der Waals surface area (Å²) in [5, 5.41) is 12.5. The Labute approximate surface area is 127 Å². The number of alkyl halides is 6. The first-order chi connectivity index (χ1) is 10.4. The topological polar surface area (TPSA) is 61.4 Å². The van der Waals surface area contributed by atoms with E-state index in [1.807, 2.05) is 5.32 Å². The maximum atomic E-state index is 13.0. The molecule has 0 aliphatic rings. The van der Waals surface area contributed by atoms with E-state index in [2.05, 4.69) is 0 Å². The highest BCUT2D eigenvalue weighted by Gasteiger charge is 2.43. The lowest BCUT2D eigenvalue weighted by Gasteiger charge is -2.23. The van der Waals surface area contributed by atoms with Crippen LogP contribution >= 0.6 is 0 Å². The number of carbonyl (C=O) groups excluding carboxylic acids is 1. The highest BCUT2D eigenvalue weighted by molar-refractivity contribution is 5.74. The van der Waals surface area contributed by atoms with Gasteiger partial charge < -0.3 is 15.7 Å². The van der Waals surface area contributed by atoms with Gasteiger partial charge >= 0.3 is 18.4 Å². The van der Waals surface area contributed by atoms with E-state index in [1.54, 1.807) is 5.32 Å². The van der Waals surface area contributed by atoms with Crippen molar-refractivity contribution in [2.75, 3.05) is 6.54 Å². The normalized spacial score (nSPS) is 15.0. The van der Waals surface area contributed by atoms with Crippen LogP contribution in [-0.4, -0.2) is 30.0 Å². The number of carbonyl (C=O) groups is 1. The van der Waals surface area contributed by atoms with E-state index in [9.17, 15) is 31.1 Å². The molecule has 2 atom stereocenters. The lowest BCUT2D eigenvalue weighted by Crippen LogP contribution is -2.45. The van der Waals surface area contributed by atoms with Gasteiger partial charge in [0.25, 0.3) is 0 Å². The van der Waals surface area contributed by atoms with Crippen molar-refractivity contribution in [3.05, 3.63) is 35.4 Å². The van der Waals surface area contributed by atoms with Crippen molar-refractivity contribution >= 4 is 6.03 Å². The minimum absolute atomic E-state index is 0.307. The van der Waals surface area contributed by atoms with E-state index in [4.69, 9.17) is 5.11 Å². The fourth-order valence-corrected chi connectivity index (χ4v) is 1.67. The van der Waals surface area contributed by atoms with Crippen LogP contribution in [0.5, 0.6) is 0 Å². The molecule has 0 aliphatic heterocycles. The number of urea groups is 1. The Morgan fingerprint density at radius 2 is 1.83 bits per heavy atom. The van der Waals surface area contributed by atoms with E-state index >= 15 is 0 Å². The van der Waals surface area contributed by atoms with Gasteiger partial charge in [-0.2, -0.15) is 26.3 Å². The minimum Gasteiger partial charge on any atom is -0.392 e. The molecule has 23 heavy (non-hydrogen) atoms. The molecule has 0 radical (unpaired) electrons. The van der Waals surface area contributed by atoms with Crippen LogP contribution in [0.4, 0.5) is 31.1 Å². The Bertz CT molecular complexity index is 542. The third-order valence-corrected chi connectivity index (χ3v) is 2.71. The number of halogens is 6. The van der Waals surface area contributed by atoms with Crippen LogP contribution in [-0.2, 0) is 6.18 Å². The Balaban J connectivity index is 3.02. The molecule has 0 unspecified atom stereocenters. The number of amides is 2. The SMILES string of the molecule is C[C@@H](O)CNC(=O)N[C@H](c1cccc(C(F)(F)F)c1)C(F)(F)F. The molecule has 4 nitrogen and oxygen atoms in total. The summed E-state index contributed by atoms with van der Waals surface area (Å²) in [6, 6.07) is -1.25. The molecule has 0 bridgehead atoms. The lowest BCUT2D eigenvalue weighted by atomic mass is 10.0. The first-order valence-corrected chi connectivity index (χ1v) is 6.37. The van der Waals surface area contributed by atoms with Gasteiger partial charge in [-0.05, 0) is 24.6 Å². The van der Waals surface area contributed by atoms with Crippen molar-refractivity contribution in [3.63, 3.8) is 0 Å². The Kier molecular flexibility index (Phi) is 5.86. The predicted molar refractivity (Wildman–Crippen MR) is 68.5 cm³/mol. The van der Waals surface area contributed by atoms with Gasteiger partial charge in [-0.1, -0.05) is 12.1 Å². The van der Waals surface area contributed by atoms with Crippen LogP contribution in [0.3, 0.4) is 0 Å². The third kappa shape index (κ3) is 5.97. The molecule has 1 aromatic carbocycles. The quantitative estimate of drug-likeness (QED) is 0.736. The van der Waals surface area contributed by atoms with Gasteiger partial charge in [-0.15, -0.1) is 0 Å². The number of aliphatic hydroxyl groups is 1. The van der Waals surface area contributed by atoms with Gasteiger partial charge in [0.2, 0.25) is 0 Å². The number of benzene rings is 1. The highest BCUT2D eigenvalue weighted by atomic mass is 19.4. The maximum Gasteiger partial charge on any atom is 0.416 e. The van der Waals surface area contributed by atoms with Gasteiger partial charge in [-0.25, -0.2) is 4.79 Å². The van der Waals surface area contributed by atoms with Crippen LogP contribution in [0, 0.1) is 0 Å². The summed E-state index contributed by atoms with van der Waals surface area (Å²) >= 11 is 0. The average molecular weight is 344 g/mol. The van der Waals surface area contributed by atoms with Gasteiger partial charge in [0.05, 0.1) is 11.7 Å². The van der Waals surface area contributed by atoms with E-state index < -0.39 is 41.7 Å². The van der Waals surface area contributed by atoms with Crippen LogP contribution in [0.25, 0.3) is 0 Å². The molecule has 0 saturated heterocycles. The van der Waals surface area contributed by atoms with Crippen molar-refractivity contribution in [3.8, 4) is 0 Å². The monoisotopic (exact) mass is 344 g/mol. The van der Waals surface area contributed by atoms with Crippen LogP contribution in [0.2, 0.25) is 0 Å². The maximum absolute atomic E-state index is 13.0. The number of hydrogen-bond donors (Lipinski definition) is 3. The van der Waals surface area contributed by atoms with Gasteiger partial charge in [-0.3, -0.25) is 0 Å². The van der Waals surface area contributed by atoms with E-state index in [0.29, 0.717) is 12.1 Å². The van der Waals surface area contributed by atoms with Gasteiger partial charge in [0.1, 0.15) is 0 Å². The number of nitrogens with one attached hydrogen (secondary N) is 2. The second-order valence-electron chi connectivity index (χ2n) is 4.80. The molecule has 0 aliphatic carbocycles. The van der Waals surface area contributed by atoms with Crippen molar-refractivity contribution < 1.29 is 36.2 Å². The molecule has 130 valence electrons. The largest absolute Gasteiger partial charge is 0.416 e. The molecular weight excluding hydrogens is 330 g/mol. The number of aliphatic hydroxyl groups excluding tert-OH is 1. The summed E-state index contributed by atoms with van der Waals surface area (Å²) < 4.78 is 76.8. The summed E-state index contributed by atoms with van der Waals surface area (Å²) in [4.78, 5) is 11.4. The second-order valence-corrected chi connectivity index (χ2v) is 4.80. The van der Waals surface area contributed by atoms with Crippen molar-refractivity contribution in [1.82, 2.24) is 10.6 Å². The van der Waals surface area contributed by atoms with E-state index in [0.717, 1.165) is 12.1 Å².